The van der Waals surface area contributed by atoms with Crippen LogP contribution in [0.25, 0.3) is 0 Å². The van der Waals surface area contributed by atoms with Gasteiger partial charge in [-0.3, -0.25) is 0 Å². The van der Waals surface area contributed by atoms with Crippen LogP contribution < -0.4 is 11.1 Å². The molecule has 0 saturated heterocycles. The fourth-order valence-electron chi connectivity index (χ4n) is 2.09. The molecule has 124 valence electrons. The van der Waals surface area contributed by atoms with Crippen LogP contribution in [0.15, 0.2) is 18.2 Å². The van der Waals surface area contributed by atoms with Gasteiger partial charge in [0.15, 0.2) is 0 Å². The molecule has 0 aliphatic rings. The molecule has 1 rings (SSSR count). The monoisotopic (exact) mass is 308 g/mol. The first-order valence-corrected chi connectivity index (χ1v) is 7.83. The normalized spacial score (nSPS) is 12.5. The number of ether oxygens (including phenoxy) is 1. The smallest absolute Gasteiger partial charge is 0.407 e. The third-order valence-corrected chi connectivity index (χ3v) is 3.64. The second-order valence-corrected chi connectivity index (χ2v) is 5.61. The van der Waals surface area contributed by atoms with Gasteiger partial charge in [0.05, 0.1) is 5.69 Å². The maximum Gasteiger partial charge on any atom is 0.407 e. The summed E-state index contributed by atoms with van der Waals surface area (Å²) in [6.45, 7) is 11.3. The minimum absolute atomic E-state index is 0.0567. The molecule has 3 N–H and O–H groups in total. The van der Waals surface area contributed by atoms with Crippen molar-refractivity contribution in [2.75, 3.05) is 25.4 Å². The lowest BCUT2D eigenvalue weighted by atomic mass is 10.0. The van der Waals surface area contributed by atoms with E-state index in [1.807, 2.05) is 0 Å². The number of nitrogens with one attached hydrogen (secondary N) is 1. The number of carbonyl (C=O) groups is 1. The van der Waals surface area contributed by atoms with Crippen LogP contribution in [0, 0.1) is 5.92 Å². The summed E-state index contributed by atoms with van der Waals surface area (Å²) in [6, 6.07) is 5.32. The molecule has 0 spiro atoms. The number of nitrogens with two attached hydrogens (primary N) is 1. The molecule has 0 aliphatic carbocycles. The fraction of sp³-hybridized carbons (Fsp3) is 0.625. The molecule has 1 aromatic rings. The first-order chi connectivity index (χ1) is 10.5. The summed E-state index contributed by atoms with van der Waals surface area (Å²) in [6.07, 6.45) is -0.421. The lowest BCUT2D eigenvalue weighted by molar-refractivity contribution is 0.126. The summed E-state index contributed by atoms with van der Waals surface area (Å²) in [5.74, 6) is 0.752. The van der Waals surface area contributed by atoms with E-state index in [1.54, 1.807) is 18.2 Å². The lowest BCUT2D eigenvalue weighted by Crippen LogP contribution is -2.46. The van der Waals surface area contributed by atoms with E-state index in [2.05, 4.69) is 42.9 Å². The Hall–Kier alpha value is -1.82. The number of anilines is 1. The first-order valence-electron chi connectivity index (χ1n) is 7.83. The van der Waals surface area contributed by atoms with E-state index in [9.17, 15) is 4.79 Å². The molecule has 1 aromatic heterocycles. The average molecular weight is 308 g/mol. The summed E-state index contributed by atoms with van der Waals surface area (Å²) in [7, 11) is 0. The van der Waals surface area contributed by atoms with Gasteiger partial charge in [-0.1, -0.05) is 33.8 Å². The number of aromatic nitrogens is 1. The van der Waals surface area contributed by atoms with Gasteiger partial charge in [-0.15, -0.1) is 0 Å². The van der Waals surface area contributed by atoms with E-state index in [4.69, 9.17) is 10.5 Å². The third-order valence-electron chi connectivity index (χ3n) is 3.64. The van der Waals surface area contributed by atoms with Crippen molar-refractivity contribution < 1.29 is 9.53 Å². The van der Waals surface area contributed by atoms with Crippen molar-refractivity contribution in [1.29, 1.82) is 0 Å². The highest BCUT2D eigenvalue weighted by Crippen LogP contribution is 2.06. The van der Waals surface area contributed by atoms with Gasteiger partial charge in [0.2, 0.25) is 0 Å². The number of rotatable bonds is 8. The summed E-state index contributed by atoms with van der Waals surface area (Å²) in [5, 5.41) is 2.94. The minimum atomic E-state index is -0.421. The van der Waals surface area contributed by atoms with Crippen LogP contribution in [0.3, 0.4) is 0 Å². The van der Waals surface area contributed by atoms with Crippen LogP contribution in [0.2, 0.25) is 0 Å². The van der Waals surface area contributed by atoms with Gasteiger partial charge >= 0.3 is 6.09 Å². The van der Waals surface area contributed by atoms with Crippen LogP contribution in [0.5, 0.6) is 0 Å². The number of nitrogens with zero attached hydrogens (tertiary/aromatic N) is 2. The van der Waals surface area contributed by atoms with E-state index in [1.165, 1.54) is 0 Å². The van der Waals surface area contributed by atoms with Gasteiger partial charge in [-0.05, 0) is 31.1 Å². The molecule has 0 fully saturated rings. The molecule has 22 heavy (non-hydrogen) atoms. The molecule has 1 amide bonds. The van der Waals surface area contributed by atoms with Crippen LogP contribution in [-0.4, -0.2) is 41.7 Å². The van der Waals surface area contributed by atoms with Gasteiger partial charge in [0.1, 0.15) is 12.4 Å². The SMILES string of the molecule is CCN(CC)CC(NC(=O)OCc1cccc(N)n1)C(C)C. The molecule has 0 radical (unpaired) electrons. The predicted octanol–water partition coefficient (Wildman–Crippen LogP) is 2.26. The highest BCUT2D eigenvalue weighted by atomic mass is 16.5. The van der Waals surface area contributed by atoms with Crippen molar-refractivity contribution in [1.82, 2.24) is 15.2 Å². The number of hydrogen-bond donors (Lipinski definition) is 2. The summed E-state index contributed by atoms with van der Waals surface area (Å²) >= 11 is 0. The molecule has 1 unspecified atom stereocenters. The van der Waals surface area contributed by atoms with Crippen LogP contribution in [0.1, 0.15) is 33.4 Å². The minimum Gasteiger partial charge on any atom is -0.443 e. The second-order valence-electron chi connectivity index (χ2n) is 5.61. The first kappa shape index (κ1) is 18.2. The Morgan fingerprint density at radius 3 is 2.59 bits per heavy atom. The maximum absolute atomic E-state index is 12.0. The van der Waals surface area contributed by atoms with Crippen molar-refractivity contribution in [3.05, 3.63) is 23.9 Å². The maximum atomic E-state index is 12.0. The number of nitrogen functional groups attached to an aromatic ring is 1. The van der Waals surface area contributed by atoms with Crippen LogP contribution in [0.4, 0.5) is 10.6 Å². The van der Waals surface area contributed by atoms with Crippen molar-refractivity contribution in [2.24, 2.45) is 5.92 Å². The Morgan fingerprint density at radius 1 is 1.36 bits per heavy atom. The van der Waals surface area contributed by atoms with Crippen molar-refractivity contribution in [3.63, 3.8) is 0 Å². The zero-order valence-corrected chi connectivity index (χ0v) is 14.0. The summed E-state index contributed by atoms with van der Waals surface area (Å²) < 4.78 is 5.23. The Labute approximate surface area is 133 Å². The zero-order chi connectivity index (χ0) is 16.5. The van der Waals surface area contributed by atoms with Crippen LogP contribution in [-0.2, 0) is 11.3 Å². The van der Waals surface area contributed by atoms with Crippen molar-refractivity contribution >= 4 is 11.9 Å². The summed E-state index contributed by atoms with van der Waals surface area (Å²) in [5.41, 5.74) is 6.24. The largest absolute Gasteiger partial charge is 0.443 e. The Kier molecular flexibility index (Phi) is 7.66. The number of alkyl carbamates (subject to hydrolysis) is 1. The molecule has 0 aromatic carbocycles. The van der Waals surface area contributed by atoms with Gasteiger partial charge in [0.25, 0.3) is 0 Å². The average Bonchev–Trinajstić information content (AvgIpc) is 2.49. The molecule has 6 nitrogen and oxygen atoms in total. The van der Waals surface area contributed by atoms with E-state index >= 15 is 0 Å². The van der Waals surface area contributed by atoms with Gasteiger partial charge in [-0.2, -0.15) is 0 Å². The lowest BCUT2D eigenvalue weighted by Gasteiger charge is -2.28. The van der Waals surface area contributed by atoms with Crippen molar-refractivity contribution in [3.8, 4) is 0 Å². The molecular weight excluding hydrogens is 280 g/mol. The van der Waals surface area contributed by atoms with E-state index in [-0.39, 0.29) is 12.6 Å². The molecule has 1 atom stereocenters. The number of likely N-dealkylation sites (N-methyl/N-ethyl adjacent to an activating group) is 1. The van der Waals surface area contributed by atoms with Gasteiger partial charge < -0.3 is 20.7 Å². The predicted molar refractivity (Wildman–Crippen MR) is 88.4 cm³/mol. The Bertz CT molecular complexity index is 461. The molecule has 0 bridgehead atoms. The van der Waals surface area contributed by atoms with Gasteiger partial charge in [0, 0.05) is 12.6 Å². The second kappa shape index (κ2) is 9.25. The molecule has 1 heterocycles. The van der Waals surface area contributed by atoms with E-state index < -0.39 is 6.09 Å². The Balaban J connectivity index is 2.49. The van der Waals surface area contributed by atoms with E-state index in [0.29, 0.717) is 17.4 Å². The quantitative estimate of drug-likeness (QED) is 0.770. The highest BCUT2D eigenvalue weighted by molar-refractivity contribution is 5.67. The third kappa shape index (κ3) is 6.30. The zero-order valence-electron chi connectivity index (χ0n) is 14.0. The van der Waals surface area contributed by atoms with Crippen molar-refractivity contribution in [2.45, 2.75) is 40.3 Å². The Morgan fingerprint density at radius 2 is 2.05 bits per heavy atom. The van der Waals surface area contributed by atoms with Crippen LogP contribution >= 0.6 is 0 Å². The number of amides is 1. The molecular formula is C16H28N4O2. The summed E-state index contributed by atoms with van der Waals surface area (Å²) in [4.78, 5) is 18.3. The molecule has 6 heteroatoms. The van der Waals surface area contributed by atoms with Gasteiger partial charge in [-0.25, -0.2) is 9.78 Å². The topological polar surface area (TPSA) is 80.5 Å². The molecule has 0 saturated carbocycles. The molecule has 0 aliphatic heterocycles. The number of pyridine rings is 1. The standard InChI is InChI=1S/C16H28N4O2/c1-5-20(6-2)10-14(12(3)4)19-16(21)22-11-13-8-7-9-15(17)18-13/h7-9,12,14H,5-6,10-11H2,1-4H3,(H2,17,18)(H,19,21). The highest BCUT2D eigenvalue weighted by Gasteiger charge is 2.19. The fourth-order valence-corrected chi connectivity index (χ4v) is 2.09. The number of hydrogen-bond acceptors (Lipinski definition) is 5. The van der Waals surface area contributed by atoms with E-state index in [0.717, 1.165) is 19.6 Å². The number of carbonyl (C=O) groups excluding carboxylic acids is 1.